The Hall–Kier alpha value is -1.35. The lowest BCUT2D eigenvalue weighted by Crippen LogP contribution is -2.27. The lowest BCUT2D eigenvalue weighted by molar-refractivity contribution is -0.315. The topological polar surface area (TPSA) is 307 Å². The fraction of sp³-hybridized carbons (Fsp3) is 0.500. The largest absolute Gasteiger partial charge is 0.759 e. The van der Waals surface area contributed by atoms with Crippen molar-refractivity contribution in [3.8, 4) is 0 Å². The Bertz CT molecular complexity index is 255. The minimum absolute atomic E-state index is 0. The maximum Gasteiger partial charge on any atom is 0.0418 e. The molecule has 0 radical (unpaired) electrons. The number of carboxylic acids is 2. The molecular weight excluding hydrogens is 264 g/mol. The second-order valence-corrected chi connectivity index (χ2v) is 2.47. The average molecular weight is 284 g/mol. The van der Waals surface area contributed by atoms with Gasteiger partial charge in [-0.3, -0.25) is 8.42 Å². The van der Waals surface area contributed by atoms with E-state index in [4.69, 9.17) is 17.5 Å². The molecule has 0 aromatic carbocycles. The molecule has 0 heterocycles. The normalized spacial score (nSPS) is 7.41. The Balaban J connectivity index is -0.0000000306. The maximum absolute atomic E-state index is 9.50. The number of aliphatic carboxylic acids is 2. The van der Waals surface area contributed by atoms with E-state index in [1.54, 1.807) is 0 Å². The van der Waals surface area contributed by atoms with E-state index in [-0.39, 0.29) is 24.6 Å². The minimum atomic E-state index is -5.17. The molecule has 0 saturated carbocycles. The number of carbonyl (C=O) groups excluding carboxylic acids is 2. The second kappa shape index (κ2) is 17.1. The van der Waals surface area contributed by atoms with Crippen LogP contribution >= 0.6 is 0 Å². The molecule has 0 rings (SSSR count). The van der Waals surface area contributed by atoms with E-state index < -0.39 is 35.2 Å². The number of quaternary nitrogens is 4. The first-order valence-electron chi connectivity index (χ1n) is 2.69. The van der Waals surface area contributed by atoms with E-state index in [1.165, 1.54) is 0 Å². The third kappa shape index (κ3) is 176. The van der Waals surface area contributed by atoms with Crippen LogP contribution in [-0.4, -0.2) is 29.5 Å². The Kier molecular flexibility index (Phi) is 36.2. The van der Waals surface area contributed by atoms with Crippen molar-refractivity contribution < 1.29 is 37.3 Å². The summed E-state index contributed by atoms with van der Waals surface area (Å²) in [5.74, 6) is -2.73. The van der Waals surface area contributed by atoms with Crippen molar-refractivity contribution in [2.75, 3.05) is 0 Å². The van der Waals surface area contributed by atoms with E-state index in [0.29, 0.717) is 0 Å². The monoisotopic (exact) mass is 284 g/mol. The average Bonchev–Trinajstić information content (AvgIpc) is 1.79. The third-order valence-corrected chi connectivity index (χ3v) is 0.533. The van der Waals surface area contributed by atoms with Gasteiger partial charge in [0.15, 0.2) is 0 Å². The van der Waals surface area contributed by atoms with Crippen LogP contribution in [0.15, 0.2) is 0 Å². The van der Waals surface area contributed by atoms with Crippen molar-refractivity contribution in [2.24, 2.45) is 0 Å². The third-order valence-electron chi connectivity index (χ3n) is 0.533. The van der Waals surface area contributed by atoms with Crippen molar-refractivity contribution in [1.82, 2.24) is 24.6 Å². The van der Waals surface area contributed by atoms with E-state index in [2.05, 4.69) is 0 Å². The van der Waals surface area contributed by atoms with Crippen LogP contribution < -0.4 is 34.8 Å². The molecule has 0 aromatic heterocycles. The standard InChI is InChI=1S/C4H6O4.4H3N.H2O4S/c5-3(6)1-2-4(7)8;;;;;1-5(2,3)4/h1-2H2,(H,5,6)(H,7,8);4*1H3;(H2,1,2,3,4). The summed E-state index contributed by atoms with van der Waals surface area (Å²) in [5.41, 5.74) is 0. The van der Waals surface area contributed by atoms with Crippen LogP contribution in [0.4, 0.5) is 0 Å². The number of hydrogen-bond acceptors (Lipinski definition) is 8. The summed E-state index contributed by atoms with van der Waals surface area (Å²) < 4.78 is 34.1. The summed E-state index contributed by atoms with van der Waals surface area (Å²) >= 11 is 0. The molecule has 13 heteroatoms. The highest BCUT2D eigenvalue weighted by Crippen LogP contribution is 1.81. The maximum atomic E-state index is 9.50. The van der Waals surface area contributed by atoms with Gasteiger partial charge in [0.2, 0.25) is 0 Å². The van der Waals surface area contributed by atoms with E-state index >= 15 is 0 Å². The SMILES string of the molecule is O=C([O-])CCC(=O)[O-].O=S(=O)([O-])[O-].[NH4+].[NH4+].[NH4+].[NH4+]. The van der Waals surface area contributed by atoms with Gasteiger partial charge in [-0.15, -0.1) is 0 Å². The van der Waals surface area contributed by atoms with Crippen LogP contribution in [0.25, 0.3) is 0 Å². The number of carbonyl (C=O) groups is 2. The molecule has 0 saturated heterocycles. The summed E-state index contributed by atoms with van der Waals surface area (Å²) in [7, 11) is -5.17. The van der Waals surface area contributed by atoms with Crippen LogP contribution in [0.5, 0.6) is 0 Å². The van der Waals surface area contributed by atoms with Crippen LogP contribution in [-0.2, 0) is 20.0 Å². The summed E-state index contributed by atoms with van der Waals surface area (Å²) in [6, 6.07) is 0. The Morgan fingerprint density at radius 2 is 0.882 bits per heavy atom. The number of carboxylic acid groups (broad SMARTS) is 2. The summed E-state index contributed by atoms with van der Waals surface area (Å²) in [5, 5.41) is 19.0. The fourth-order valence-corrected chi connectivity index (χ4v) is 0.204. The van der Waals surface area contributed by atoms with Crippen molar-refractivity contribution >= 4 is 22.3 Å². The summed E-state index contributed by atoms with van der Waals surface area (Å²) in [4.78, 5) is 19.0. The molecule has 0 aliphatic carbocycles. The predicted molar refractivity (Wildman–Crippen MR) is 53.7 cm³/mol. The minimum Gasteiger partial charge on any atom is -0.759 e. The Morgan fingerprint density at radius 3 is 0.941 bits per heavy atom. The predicted octanol–water partition coefficient (Wildman–Crippen LogP) is -2.57. The van der Waals surface area contributed by atoms with Crippen LogP contribution in [0.2, 0.25) is 0 Å². The van der Waals surface area contributed by atoms with Gasteiger partial charge in [0, 0.05) is 22.3 Å². The van der Waals surface area contributed by atoms with Crippen LogP contribution in [0.1, 0.15) is 12.8 Å². The molecule has 0 aliphatic rings. The van der Waals surface area contributed by atoms with E-state index in [9.17, 15) is 19.8 Å². The van der Waals surface area contributed by atoms with E-state index in [0.717, 1.165) is 0 Å². The van der Waals surface area contributed by atoms with Gasteiger partial charge in [-0.2, -0.15) is 0 Å². The zero-order valence-electron chi connectivity index (χ0n) is 10.1. The zero-order valence-corrected chi connectivity index (χ0v) is 10.9. The molecule has 0 unspecified atom stereocenters. The Labute approximate surface area is 97.9 Å². The molecule has 0 amide bonds. The molecule has 0 aromatic rings. The molecule has 0 spiro atoms. The molecule has 16 N–H and O–H groups in total. The number of rotatable bonds is 3. The highest BCUT2D eigenvalue weighted by Gasteiger charge is 1.85. The molecule has 0 bridgehead atoms. The molecule has 0 fully saturated rings. The Morgan fingerprint density at radius 1 is 0.765 bits per heavy atom. The van der Waals surface area contributed by atoms with Gasteiger partial charge in [0.05, 0.1) is 0 Å². The van der Waals surface area contributed by atoms with Crippen LogP contribution in [0, 0.1) is 0 Å². The molecule has 12 nitrogen and oxygen atoms in total. The lowest BCUT2D eigenvalue weighted by atomic mass is 10.3. The highest BCUT2D eigenvalue weighted by molar-refractivity contribution is 7.79. The van der Waals surface area contributed by atoms with Gasteiger partial charge in [-0.1, -0.05) is 0 Å². The molecule has 17 heavy (non-hydrogen) atoms. The van der Waals surface area contributed by atoms with Gasteiger partial charge < -0.3 is 53.5 Å². The molecule has 0 aliphatic heterocycles. The first-order chi connectivity index (χ1) is 5.63. The number of hydrogen-bond donors (Lipinski definition) is 4. The first-order valence-corrected chi connectivity index (χ1v) is 4.02. The van der Waals surface area contributed by atoms with Crippen molar-refractivity contribution in [1.29, 1.82) is 0 Å². The molecule has 0 atom stereocenters. The van der Waals surface area contributed by atoms with Crippen LogP contribution in [0.3, 0.4) is 0 Å². The smallest absolute Gasteiger partial charge is 0.0418 e. The summed E-state index contributed by atoms with van der Waals surface area (Å²) in [6.07, 6.45) is -0.940. The van der Waals surface area contributed by atoms with Gasteiger partial charge in [0.25, 0.3) is 0 Å². The van der Waals surface area contributed by atoms with Crippen molar-refractivity contribution in [2.45, 2.75) is 12.8 Å². The fourth-order valence-electron chi connectivity index (χ4n) is 0.204. The van der Waals surface area contributed by atoms with E-state index in [1.807, 2.05) is 0 Å². The van der Waals surface area contributed by atoms with Gasteiger partial charge >= 0.3 is 0 Å². The lowest BCUT2D eigenvalue weighted by Gasteiger charge is -2.06. The molecular formula is C4H20N4O8S. The van der Waals surface area contributed by atoms with Gasteiger partial charge in [-0.05, 0) is 12.8 Å². The van der Waals surface area contributed by atoms with Crippen molar-refractivity contribution in [3.05, 3.63) is 0 Å². The first kappa shape index (κ1) is 36.1. The summed E-state index contributed by atoms with van der Waals surface area (Å²) in [6.45, 7) is 0. The van der Waals surface area contributed by atoms with Gasteiger partial charge in [-0.25, -0.2) is 0 Å². The van der Waals surface area contributed by atoms with Gasteiger partial charge in [0.1, 0.15) is 0 Å². The second-order valence-electron chi connectivity index (χ2n) is 1.65. The van der Waals surface area contributed by atoms with Crippen molar-refractivity contribution in [3.63, 3.8) is 0 Å². The molecule has 110 valence electrons. The highest BCUT2D eigenvalue weighted by atomic mass is 32.3. The zero-order chi connectivity index (χ0) is 11.1. The quantitative estimate of drug-likeness (QED) is 0.314.